The molecule has 0 aromatic carbocycles. The van der Waals surface area contributed by atoms with Crippen LogP contribution in [-0.4, -0.2) is 41.3 Å². The number of piperidine rings is 2. The Morgan fingerprint density at radius 2 is 2.07 bits per heavy atom. The molecule has 80 valence electrons. The second-order valence-electron chi connectivity index (χ2n) is 4.47. The predicted octanol–water partition coefficient (Wildman–Crippen LogP) is 1.27. The molecule has 2 N–H and O–H groups in total. The molecule has 1 unspecified atom stereocenters. The summed E-state index contributed by atoms with van der Waals surface area (Å²) >= 11 is 0. The molecule has 2 rings (SSSR count). The van der Waals surface area contributed by atoms with Gasteiger partial charge in [0.25, 0.3) is 0 Å². The molecule has 2 fully saturated rings. The highest BCUT2D eigenvalue weighted by atomic mass is 16.4. The van der Waals surface area contributed by atoms with E-state index in [1.54, 1.807) is 4.90 Å². The largest absolute Gasteiger partial charge is 0.465 e. The van der Waals surface area contributed by atoms with E-state index in [0.717, 1.165) is 25.8 Å². The number of carboxylic acid groups (broad SMARTS) is 1. The van der Waals surface area contributed by atoms with Crippen molar-refractivity contribution in [2.45, 2.75) is 37.6 Å². The maximum Gasteiger partial charge on any atom is 0.407 e. The first kappa shape index (κ1) is 9.77. The van der Waals surface area contributed by atoms with E-state index in [1.807, 2.05) is 0 Å². The van der Waals surface area contributed by atoms with Crippen LogP contribution in [-0.2, 0) is 0 Å². The molecule has 1 atom stereocenters. The number of nitrogens with zero attached hydrogens (tertiary/aromatic N) is 1. The Morgan fingerprint density at radius 1 is 1.29 bits per heavy atom. The standard InChI is InChI=1S/C10H18N2O2/c13-9(14)12-7-3-5-10(8-12)4-1-2-6-11-10/h11H,1-8H2,(H,13,14). The van der Waals surface area contributed by atoms with Gasteiger partial charge in [-0.25, -0.2) is 4.79 Å². The summed E-state index contributed by atoms with van der Waals surface area (Å²) in [6.45, 7) is 2.44. The van der Waals surface area contributed by atoms with E-state index in [-0.39, 0.29) is 5.54 Å². The molecule has 14 heavy (non-hydrogen) atoms. The van der Waals surface area contributed by atoms with Crippen molar-refractivity contribution in [1.29, 1.82) is 0 Å². The average Bonchev–Trinajstić information content (AvgIpc) is 2.19. The summed E-state index contributed by atoms with van der Waals surface area (Å²) in [5.41, 5.74) is 0.106. The third-order valence-electron chi connectivity index (χ3n) is 3.43. The van der Waals surface area contributed by atoms with Gasteiger partial charge in [-0.1, -0.05) is 6.42 Å². The normalized spacial score (nSPS) is 33.3. The molecule has 0 aliphatic carbocycles. The van der Waals surface area contributed by atoms with Gasteiger partial charge in [0.15, 0.2) is 0 Å². The van der Waals surface area contributed by atoms with Crippen molar-refractivity contribution in [3.63, 3.8) is 0 Å². The predicted molar refractivity (Wildman–Crippen MR) is 53.4 cm³/mol. The number of nitrogens with one attached hydrogen (secondary N) is 1. The molecule has 2 heterocycles. The van der Waals surface area contributed by atoms with Crippen molar-refractivity contribution in [3.8, 4) is 0 Å². The summed E-state index contributed by atoms with van der Waals surface area (Å²) in [6, 6.07) is 0. The summed E-state index contributed by atoms with van der Waals surface area (Å²) in [5.74, 6) is 0. The Balaban J connectivity index is 2.01. The highest BCUT2D eigenvalue weighted by molar-refractivity contribution is 5.65. The van der Waals surface area contributed by atoms with E-state index in [9.17, 15) is 4.79 Å². The molecule has 0 bridgehead atoms. The molecule has 0 aromatic heterocycles. The van der Waals surface area contributed by atoms with Gasteiger partial charge < -0.3 is 15.3 Å². The summed E-state index contributed by atoms with van der Waals surface area (Å²) in [5, 5.41) is 12.5. The lowest BCUT2D eigenvalue weighted by Crippen LogP contribution is -2.59. The van der Waals surface area contributed by atoms with Crippen LogP contribution in [0.1, 0.15) is 32.1 Å². The summed E-state index contributed by atoms with van der Waals surface area (Å²) in [4.78, 5) is 12.4. The van der Waals surface area contributed by atoms with E-state index in [2.05, 4.69) is 5.32 Å². The van der Waals surface area contributed by atoms with E-state index < -0.39 is 6.09 Å². The van der Waals surface area contributed by atoms with Crippen LogP contribution in [0.3, 0.4) is 0 Å². The van der Waals surface area contributed by atoms with E-state index >= 15 is 0 Å². The third-order valence-corrected chi connectivity index (χ3v) is 3.43. The minimum absolute atomic E-state index is 0.106. The van der Waals surface area contributed by atoms with Crippen LogP contribution in [0.15, 0.2) is 0 Å². The van der Waals surface area contributed by atoms with Gasteiger partial charge in [-0.3, -0.25) is 0 Å². The molecule has 2 aliphatic heterocycles. The van der Waals surface area contributed by atoms with Gasteiger partial charge in [0.05, 0.1) is 0 Å². The van der Waals surface area contributed by atoms with Gasteiger partial charge in [0.1, 0.15) is 0 Å². The van der Waals surface area contributed by atoms with E-state index in [1.165, 1.54) is 12.8 Å². The Morgan fingerprint density at radius 3 is 2.71 bits per heavy atom. The molecule has 4 nitrogen and oxygen atoms in total. The molecule has 1 amide bonds. The van der Waals surface area contributed by atoms with Crippen molar-refractivity contribution in [2.75, 3.05) is 19.6 Å². The number of rotatable bonds is 0. The van der Waals surface area contributed by atoms with Gasteiger partial charge in [-0.05, 0) is 32.2 Å². The molecule has 2 aliphatic rings. The number of carbonyl (C=O) groups is 1. The van der Waals surface area contributed by atoms with Crippen molar-refractivity contribution in [2.24, 2.45) is 0 Å². The lowest BCUT2D eigenvalue weighted by atomic mass is 9.82. The monoisotopic (exact) mass is 198 g/mol. The van der Waals surface area contributed by atoms with Gasteiger partial charge in [0, 0.05) is 18.6 Å². The number of likely N-dealkylation sites (tertiary alicyclic amines) is 1. The fraction of sp³-hybridized carbons (Fsp3) is 0.900. The highest BCUT2D eigenvalue weighted by Crippen LogP contribution is 2.29. The van der Waals surface area contributed by atoms with Crippen LogP contribution in [0.4, 0.5) is 4.79 Å². The fourth-order valence-corrected chi connectivity index (χ4v) is 2.67. The average molecular weight is 198 g/mol. The first-order chi connectivity index (χ1) is 6.72. The lowest BCUT2D eigenvalue weighted by molar-refractivity contribution is 0.0852. The summed E-state index contributed by atoms with van der Waals surface area (Å²) in [6.07, 6.45) is 4.97. The first-order valence-electron chi connectivity index (χ1n) is 5.45. The quantitative estimate of drug-likeness (QED) is 0.616. The molecular weight excluding hydrogens is 180 g/mol. The molecule has 4 heteroatoms. The SMILES string of the molecule is O=C(O)N1CCCC2(CCCCN2)C1. The summed E-state index contributed by atoms with van der Waals surface area (Å²) in [7, 11) is 0. The van der Waals surface area contributed by atoms with Gasteiger partial charge in [-0.15, -0.1) is 0 Å². The van der Waals surface area contributed by atoms with Gasteiger partial charge in [-0.2, -0.15) is 0 Å². The number of hydrogen-bond acceptors (Lipinski definition) is 2. The van der Waals surface area contributed by atoms with Crippen LogP contribution >= 0.6 is 0 Å². The lowest BCUT2D eigenvalue weighted by Gasteiger charge is -2.45. The zero-order valence-corrected chi connectivity index (χ0v) is 8.46. The zero-order chi connectivity index (χ0) is 10.0. The Bertz CT molecular complexity index is 219. The highest BCUT2D eigenvalue weighted by Gasteiger charge is 2.37. The minimum Gasteiger partial charge on any atom is -0.465 e. The van der Waals surface area contributed by atoms with Crippen LogP contribution in [0, 0.1) is 0 Å². The smallest absolute Gasteiger partial charge is 0.407 e. The Kier molecular flexibility index (Phi) is 2.63. The molecule has 1 spiro atoms. The molecule has 2 saturated heterocycles. The van der Waals surface area contributed by atoms with Gasteiger partial charge >= 0.3 is 6.09 Å². The molecule has 0 aromatic rings. The van der Waals surface area contributed by atoms with E-state index in [4.69, 9.17) is 5.11 Å². The number of hydrogen-bond donors (Lipinski definition) is 2. The van der Waals surface area contributed by atoms with Crippen LogP contribution < -0.4 is 5.32 Å². The van der Waals surface area contributed by atoms with Crippen molar-refractivity contribution in [1.82, 2.24) is 10.2 Å². The Hall–Kier alpha value is -0.770. The van der Waals surface area contributed by atoms with Crippen molar-refractivity contribution >= 4 is 6.09 Å². The zero-order valence-electron chi connectivity index (χ0n) is 8.46. The van der Waals surface area contributed by atoms with Crippen LogP contribution in [0.5, 0.6) is 0 Å². The fourth-order valence-electron chi connectivity index (χ4n) is 2.67. The van der Waals surface area contributed by atoms with Crippen LogP contribution in [0.25, 0.3) is 0 Å². The molecule has 0 saturated carbocycles. The molecule has 0 radical (unpaired) electrons. The summed E-state index contributed by atoms with van der Waals surface area (Å²) < 4.78 is 0. The van der Waals surface area contributed by atoms with Crippen molar-refractivity contribution in [3.05, 3.63) is 0 Å². The first-order valence-corrected chi connectivity index (χ1v) is 5.45. The minimum atomic E-state index is -0.767. The van der Waals surface area contributed by atoms with Crippen LogP contribution in [0.2, 0.25) is 0 Å². The third kappa shape index (κ3) is 1.85. The number of amides is 1. The molecular formula is C10H18N2O2. The maximum atomic E-state index is 10.9. The Labute approximate surface area is 84.3 Å². The topological polar surface area (TPSA) is 52.6 Å². The second-order valence-corrected chi connectivity index (χ2v) is 4.47. The maximum absolute atomic E-state index is 10.9. The van der Waals surface area contributed by atoms with E-state index in [0.29, 0.717) is 13.1 Å². The van der Waals surface area contributed by atoms with Crippen molar-refractivity contribution < 1.29 is 9.90 Å². The van der Waals surface area contributed by atoms with Gasteiger partial charge in [0.2, 0.25) is 0 Å². The second kappa shape index (κ2) is 3.77.